The van der Waals surface area contributed by atoms with Gasteiger partial charge in [-0.3, -0.25) is 9.59 Å². The third kappa shape index (κ3) is 3.81. The first-order chi connectivity index (χ1) is 8.06. The second kappa shape index (κ2) is 6.34. The molecule has 0 fully saturated rings. The summed E-state index contributed by atoms with van der Waals surface area (Å²) in [5, 5.41) is 11.4. The van der Waals surface area contributed by atoms with Gasteiger partial charge >= 0.3 is 5.97 Å². The molecule has 1 unspecified atom stereocenters. The molecule has 1 atom stereocenters. The second-order valence-corrected chi connectivity index (χ2v) is 4.34. The Morgan fingerprint density at radius 1 is 1.59 bits per heavy atom. The average Bonchev–Trinajstić information content (AvgIpc) is 2.29. The predicted molar refractivity (Wildman–Crippen MR) is 65.7 cm³/mol. The Balaban J connectivity index is 2.62. The van der Waals surface area contributed by atoms with Gasteiger partial charge in [-0.2, -0.15) is 0 Å². The van der Waals surface area contributed by atoms with Crippen molar-refractivity contribution in [3.05, 3.63) is 28.5 Å². The van der Waals surface area contributed by atoms with Gasteiger partial charge in [0.1, 0.15) is 5.69 Å². The van der Waals surface area contributed by atoms with Gasteiger partial charge in [-0.05, 0) is 34.5 Å². The number of carbonyl (C=O) groups excluding carboxylic acids is 1. The van der Waals surface area contributed by atoms with E-state index in [1.165, 1.54) is 6.20 Å². The summed E-state index contributed by atoms with van der Waals surface area (Å²) in [6.45, 7) is 1.87. The standard InChI is InChI=1S/C11H13BrN2O3/c1-2-7(11(16)17)6-14-10(15)9-8(12)4-3-5-13-9/h3-5,7H,2,6H2,1H3,(H,14,15)(H,16,17). The van der Waals surface area contributed by atoms with E-state index in [-0.39, 0.29) is 18.1 Å². The van der Waals surface area contributed by atoms with Gasteiger partial charge in [0.05, 0.1) is 5.92 Å². The summed E-state index contributed by atoms with van der Waals surface area (Å²) in [5.41, 5.74) is 0.257. The van der Waals surface area contributed by atoms with Crippen LogP contribution in [0.25, 0.3) is 0 Å². The molecular formula is C11H13BrN2O3. The lowest BCUT2D eigenvalue weighted by molar-refractivity contribution is -0.141. The first-order valence-corrected chi connectivity index (χ1v) is 5.97. The molecule has 1 heterocycles. The van der Waals surface area contributed by atoms with Crippen molar-refractivity contribution in [3.8, 4) is 0 Å². The van der Waals surface area contributed by atoms with Crippen LogP contribution in [0.2, 0.25) is 0 Å². The number of rotatable bonds is 5. The van der Waals surface area contributed by atoms with Gasteiger partial charge in [0.25, 0.3) is 5.91 Å². The van der Waals surface area contributed by atoms with Crippen molar-refractivity contribution in [2.24, 2.45) is 5.92 Å². The van der Waals surface area contributed by atoms with E-state index in [0.717, 1.165) is 0 Å². The molecule has 0 aliphatic carbocycles. The van der Waals surface area contributed by atoms with Crippen molar-refractivity contribution in [2.75, 3.05) is 6.54 Å². The fourth-order valence-corrected chi connectivity index (χ4v) is 1.69. The minimum absolute atomic E-state index is 0.105. The number of pyridine rings is 1. The number of carboxylic acids is 1. The van der Waals surface area contributed by atoms with Crippen LogP contribution < -0.4 is 5.32 Å². The van der Waals surface area contributed by atoms with E-state index in [2.05, 4.69) is 26.2 Å². The first-order valence-electron chi connectivity index (χ1n) is 5.17. The van der Waals surface area contributed by atoms with Crippen molar-refractivity contribution in [1.82, 2.24) is 10.3 Å². The number of carboxylic acid groups (broad SMARTS) is 1. The third-order valence-electron chi connectivity index (χ3n) is 2.32. The van der Waals surface area contributed by atoms with Crippen LogP contribution in [0.5, 0.6) is 0 Å². The molecule has 0 bridgehead atoms. The average molecular weight is 301 g/mol. The molecule has 0 radical (unpaired) electrons. The summed E-state index contributed by atoms with van der Waals surface area (Å²) in [4.78, 5) is 26.4. The van der Waals surface area contributed by atoms with Crippen LogP contribution in [-0.4, -0.2) is 28.5 Å². The van der Waals surface area contributed by atoms with Crippen LogP contribution in [-0.2, 0) is 4.79 Å². The molecule has 0 spiro atoms. The topological polar surface area (TPSA) is 79.3 Å². The number of nitrogens with one attached hydrogen (secondary N) is 1. The third-order valence-corrected chi connectivity index (χ3v) is 2.96. The maximum atomic E-state index is 11.7. The van der Waals surface area contributed by atoms with E-state index in [4.69, 9.17) is 5.11 Å². The molecule has 1 rings (SSSR count). The highest BCUT2D eigenvalue weighted by molar-refractivity contribution is 9.10. The van der Waals surface area contributed by atoms with Gasteiger partial charge in [-0.1, -0.05) is 6.92 Å². The van der Waals surface area contributed by atoms with Crippen molar-refractivity contribution in [2.45, 2.75) is 13.3 Å². The highest BCUT2D eigenvalue weighted by Gasteiger charge is 2.17. The molecule has 0 saturated carbocycles. The van der Waals surface area contributed by atoms with E-state index >= 15 is 0 Å². The number of aliphatic carboxylic acids is 1. The number of amides is 1. The van der Waals surface area contributed by atoms with Crippen LogP contribution in [0.15, 0.2) is 22.8 Å². The summed E-state index contributed by atoms with van der Waals surface area (Å²) in [6, 6.07) is 3.41. The largest absolute Gasteiger partial charge is 0.481 e. The van der Waals surface area contributed by atoms with Crippen molar-refractivity contribution in [1.29, 1.82) is 0 Å². The first kappa shape index (κ1) is 13.6. The molecule has 92 valence electrons. The molecule has 0 saturated heterocycles. The fourth-order valence-electron chi connectivity index (χ4n) is 1.26. The second-order valence-electron chi connectivity index (χ2n) is 3.49. The molecule has 2 N–H and O–H groups in total. The number of halogens is 1. The van der Waals surface area contributed by atoms with Crippen LogP contribution in [0.3, 0.4) is 0 Å². The number of carbonyl (C=O) groups is 2. The Morgan fingerprint density at radius 2 is 2.29 bits per heavy atom. The lowest BCUT2D eigenvalue weighted by atomic mass is 10.1. The van der Waals surface area contributed by atoms with Gasteiger partial charge in [-0.15, -0.1) is 0 Å². The van der Waals surface area contributed by atoms with Crippen LogP contribution in [0, 0.1) is 5.92 Å². The molecule has 1 aromatic rings. The van der Waals surface area contributed by atoms with Crippen LogP contribution >= 0.6 is 15.9 Å². The highest BCUT2D eigenvalue weighted by Crippen LogP contribution is 2.13. The van der Waals surface area contributed by atoms with E-state index in [1.54, 1.807) is 19.1 Å². The number of hydrogen-bond donors (Lipinski definition) is 2. The quantitative estimate of drug-likeness (QED) is 0.867. The summed E-state index contributed by atoms with van der Waals surface area (Å²) in [5.74, 6) is -1.86. The molecule has 5 nitrogen and oxygen atoms in total. The van der Waals surface area contributed by atoms with Gasteiger partial charge in [0.2, 0.25) is 0 Å². The molecule has 0 aliphatic heterocycles. The zero-order chi connectivity index (χ0) is 12.8. The van der Waals surface area contributed by atoms with Crippen LogP contribution in [0.1, 0.15) is 23.8 Å². The molecular weight excluding hydrogens is 288 g/mol. The Kier molecular flexibility index (Phi) is 5.09. The highest BCUT2D eigenvalue weighted by atomic mass is 79.9. The lowest BCUT2D eigenvalue weighted by Crippen LogP contribution is -2.33. The van der Waals surface area contributed by atoms with E-state index in [1.807, 2.05) is 0 Å². The maximum Gasteiger partial charge on any atom is 0.308 e. The van der Waals surface area contributed by atoms with Crippen molar-refractivity contribution < 1.29 is 14.7 Å². The SMILES string of the molecule is CCC(CNC(=O)c1ncccc1Br)C(=O)O. The Morgan fingerprint density at radius 3 is 2.82 bits per heavy atom. The Labute approximate surface area is 107 Å². The van der Waals surface area contributed by atoms with Crippen molar-refractivity contribution >= 4 is 27.8 Å². The van der Waals surface area contributed by atoms with E-state index < -0.39 is 11.9 Å². The molecule has 6 heteroatoms. The zero-order valence-electron chi connectivity index (χ0n) is 9.31. The van der Waals surface area contributed by atoms with E-state index in [9.17, 15) is 9.59 Å². The number of aromatic nitrogens is 1. The summed E-state index contributed by atoms with van der Waals surface area (Å²) >= 11 is 3.21. The molecule has 0 aliphatic rings. The number of nitrogens with zero attached hydrogens (tertiary/aromatic N) is 1. The summed E-state index contributed by atoms with van der Waals surface area (Å²) in [7, 11) is 0. The predicted octanol–water partition coefficient (Wildman–Crippen LogP) is 1.68. The van der Waals surface area contributed by atoms with Crippen LogP contribution in [0.4, 0.5) is 0 Å². The fraction of sp³-hybridized carbons (Fsp3) is 0.364. The molecule has 17 heavy (non-hydrogen) atoms. The monoisotopic (exact) mass is 300 g/mol. The minimum atomic E-state index is -0.909. The summed E-state index contributed by atoms with van der Waals surface area (Å²) in [6.07, 6.45) is 1.98. The maximum absolute atomic E-state index is 11.7. The molecule has 1 amide bonds. The molecule has 0 aromatic carbocycles. The smallest absolute Gasteiger partial charge is 0.308 e. The Hall–Kier alpha value is -1.43. The normalized spacial score (nSPS) is 11.9. The minimum Gasteiger partial charge on any atom is -0.481 e. The van der Waals surface area contributed by atoms with Crippen molar-refractivity contribution in [3.63, 3.8) is 0 Å². The van der Waals surface area contributed by atoms with Gasteiger partial charge < -0.3 is 10.4 Å². The Bertz CT molecular complexity index is 423. The lowest BCUT2D eigenvalue weighted by Gasteiger charge is -2.11. The summed E-state index contributed by atoms with van der Waals surface area (Å²) < 4.78 is 0.584. The van der Waals surface area contributed by atoms with Gasteiger partial charge in [0.15, 0.2) is 0 Å². The van der Waals surface area contributed by atoms with Gasteiger partial charge in [0, 0.05) is 17.2 Å². The van der Waals surface area contributed by atoms with E-state index in [0.29, 0.717) is 10.9 Å². The zero-order valence-corrected chi connectivity index (χ0v) is 10.9. The van der Waals surface area contributed by atoms with Gasteiger partial charge in [-0.25, -0.2) is 4.98 Å². The molecule has 1 aromatic heterocycles. The number of hydrogen-bond acceptors (Lipinski definition) is 3.